The average Bonchev–Trinajstić information content (AvgIpc) is 2.66. The number of carbonyl (C=O) groups is 1. The van der Waals surface area contributed by atoms with E-state index in [0.717, 1.165) is 30.5 Å². The zero-order valence-electron chi connectivity index (χ0n) is 14.9. The maximum atomic E-state index is 12.3. The molecule has 6 heteroatoms. The van der Waals surface area contributed by atoms with Gasteiger partial charge in [-0.1, -0.05) is 29.3 Å². The van der Waals surface area contributed by atoms with Gasteiger partial charge in [0.05, 0.1) is 0 Å². The lowest BCUT2D eigenvalue weighted by Gasteiger charge is -2.13. The molecule has 1 aromatic heterocycles. The third-order valence-electron chi connectivity index (χ3n) is 4.45. The van der Waals surface area contributed by atoms with Crippen LogP contribution in [0.2, 0.25) is 5.02 Å². The normalized spacial score (nSPS) is 13.8. The Hall–Kier alpha value is -2.40. The van der Waals surface area contributed by atoms with Crippen LogP contribution in [0.25, 0.3) is 0 Å². The Balaban J connectivity index is 1.60. The molecule has 1 heterocycles. The quantitative estimate of drug-likeness (QED) is 0.716. The first-order valence-electron chi connectivity index (χ1n) is 8.94. The average molecular weight is 371 g/mol. The second-order valence-corrected chi connectivity index (χ2v) is 6.90. The smallest absolute Gasteiger partial charge is 0.270 e. The predicted octanol–water partition coefficient (Wildman–Crippen LogP) is 4.80. The number of aromatic nitrogens is 2. The van der Waals surface area contributed by atoms with Crippen molar-refractivity contribution in [2.24, 2.45) is 0 Å². The van der Waals surface area contributed by atoms with Gasteiger partial charge >= 0.3 is 0 Å². The molecular formula is C20H23ClN4O. The summed E-state index contributed by atoms with van der Waals surface area (Å²) >= 11 is 6.04. The van der Waals surface area contributed by atoms with Crippen molar-refractivity contribution >= 4 is 29.1 Å². The van der Waals surface area contributed by atoms with Gasteiger partial charge in [-0.05, 0) is 62.8 Å². The van der Waals surface area contributed by atoms with E-state index in [0.29, 0.717) is 23.2 Å². The molecule has 1 aliphatic rings. The highest BCUT2D eigenvalue weighted by Gasteiger charge is 2.10. The summed E-state index contributed by atoms with van der Waals surface area (Å²) in [6.07, 6.45) is 9.62. The summed E-state index contributed by atoms with van der Waals surface area (Å²) in [5, 5.41) is 6.69. The number of carbonyl (C=O) groups excluding carboxylic acids is 1. The summed E-state index contributed by atoms with van der Waals surface area (Å²) < 4.78 is 0. The van der Waals surface area contributed by atoms with Crippen LogP contribution in [0.3, 0.4) is 0 Å². The van der Waals surface area contributed by atoms with Gasteiger partial charge in [0.25, 0.3) is 5.91 Å². The summed E-state index contributed by atoms with van der Waals surface area (Å²) in [7, 11) is 0. The van der Waals surface area contributed by atoms with E-state index >= 15 is 0 Å². The second-order valence-electron chi connectivity index (χ2n) is 6.46. The number of anilines is 2. The number of hydrogen-bond acceptors (Lipinski definition) is 4. The van der Waals surface area contributed by atoms with E-state index in [-0.39, 0.29) is 5.91 Å². The van der Waals surface area contributed by atoms with Crippen LogP contribution in [0.5, 0.6) is 0 Å². The number of rotatable bonds is 6. The zero-order chi connectivity index (χ0) is 18.4. The molecule has 136 valence electrons. The fourth-order valence-corrected chi connectivity index (χ4v) is 3.13. The van der Waals surface area contributed by atoms with Gasteiger partial charge in [0, 0.05) is 23.5 Å². The molecule has 5 nitrogen and oxygen atoms in total. The molecular weight excluding hydrogens is 348 g/mol. The van der Waals surface area contributed by atoms with E-state index in [1.54, 1.807) is 12.3 Å². The van der Waals surface area contributed by atoms with Gasteiger partial charge in [0.15, 0.2) is 0 Å². The minimum absolute atomic E-state index is 0.185. The molecule has 2 N–H and O–H groups in total. The Bertz CT molecular complexity index is 819. The number of benzene rings is 1. The van der Waals surface area contributed by atoms with Crippen molar-refractivity contribution in [3.05, 3.63) is 58.4 Å². The number of nitrogens with one attached hydrogen (secondary N) is 2. The van der Waals surface area contributed by atoms with Crippen LogP contribution < -0.4 is 10.6 Å². The summed E-state index contributed by atoms with van der Waals surface area (Å²) in [5.74, 6) is 0.188. The van der Waals surface area contributed by atoms with E-state index in [2.05, 4.69) is 26.7 Å². The summed E-state index contributed by atoms with van der Waals surface area (Å²) in [6.45, 7) is 2.60. The van der Waals surface area contributed by atoms with Crippen LogP contribution in [-0.2, 0) is 0 Å². The van der Waals surface area contributed by atoms with Gasteiger partial charge in [-0.25, -0.2) is 9.97 Å². The molecule has 0 aliphatic heterocycles. The Kier molecular flexibility index (Phi) is 6.23. The van der Waals surface area contributed by atoms with E-state index in [4.69, 9.17) is 11.6 Å². The van der Waals surface area contributed by atoms with Gasteiger partial charge in [0.2, 0.25) is 5.95 Å². The number of amides is 1. The van der Waals surface area contributed by atoms with Crippen molar-refractivity contribution in [3.8, 4) is 0 Å². The van der Waals surface area contributed by atoms with Gasteiger partial charge < -0.3 is 10.6 Å². The van der Waals surface area contributed by atoms with Crippen molar-refractivity contribution < 1.29 is 4.79 Å². The van der Waals surface area contributed by atoms with Gasteiger partial charge in [-0.2, -0.15) is 0 Å². The minimum Gasteiger partial charge on any atom is -0.350 e. The Labute approximate surface area is 158 Å². The monoisotopic (exact) mass is 370 g/mol. The second kappa shape index (κ2) is 8.81. The molecule has 0 spiro atoms. The first kappa shape index (κ1) is 18.4. The summed E-state index contributed by atoms with van der Waals surface area (Å²) in [5.41, 5.74) is 3.63. The topological polar surface area (TPSA) is 66.9 Å². The highest BCUT2D eigenvalue weighted by Crippen LogP contribution is 2.22. The van der Waals surface area contributed by atoms with Crippen LogP contribution in [-0.4, -0.2) is 22.4 Å². The SMILES string of the molecule is Cc1ccc(Cl)cc1Nc1nccc(C(=O)NCCC2=CCCCC2)n1. The van der Waals surface area contributed by atoms with Crippen LogP contribution in [0.1, 0.15) is 48.2 Å². The van der Waals surface area contributed by atoms with E-state index in [1.165, 1.54) is 18.4 Å². The zero-order valence-corrected chi connectivity index (χ0v) is 15.6. The third-order valence-corrected chi connectivity index (χ3v) is 4.69. The molecule has 0 saturated carbocycles. The fourth-order valence-electron chi connectivity index (χ4n) is 2.95. The number of nitrogens with zero attached hydrogens (tertiary/aromatic N) is 2. The van der Waals surface area contributed by atoms with Gasteiger partial charge in [-0.3, -0.25) is 4.79 Å². The maximum absolute atomic E-state index is 12.3. The highest BCUT2D eigenvalue weighted by molar-refractivity contribution is 6.30. The lowest BCUT2D eigenvalue weighted by Crippen LogP contribution is -2.26. The van der Waals surface area contributed by atoms with Crippen molar-refractivity contribution in [2.75, 3.05) is 11.9 Å². The first-order chi connectivity index (χ1) is 12.6. The molecule has 0 atom stereocenters. The Morgan fingerprint density at radius 2 is 2.15 bits per heavy atom. The highest BCUT2D eigenvalue weighted by atomic mass is 35.5. The van der Waals surface area contributed by atoms with Gasteiger partial charge in [-0.15, -0.1) is 0 Å². The van der Waals surface area contributed by atoms with Crippen molar-refractivity contribution in [2.45, 2.75) is 39.0 Å². The molecule has 2 aromatic rings. The number of hydrogen-bond donors (Lipinski definition) is 2. The lowest BCUT2D eigenvalue weighted by atomic mass is 9.97. The molecule has 0 unspecified atom stereocenters. The standard InChI is InChI=1S/C20H23ClN4O/c1-14-7-8-16(21)13-18(14)25-20-23-12-10-17(24-20)19(26)22-11-9-15-5-3-2-4-6-15/h5,7-8,10,12-13H,2-4,6,9,11H2,1H3,(H,22,26)(H,23,24,25). The van der Waals surface area contributed by atoms with Gasteiger partial charge in [0.1, 0.15) is 5.69 Å². The molecule has 1 aromatic carbocycles. The lowest BCUT2D eigenvalue weighted by molar-refractivity contribution is 0.0949. The molecule has 26 heavy (non-hydrogen) atoms. The molecule has 1 amide bonds. The predicted molar refractivity (Wildman–Crippen MR) is 105 cm³/mol. The van der Waals surface area contributed by atoms with E-state index in [9.17, 15) is 4.79 Å². The summed E-state index contributed by atoms with van der Waals surface area (Å²) in [6, 6.07) is 7.17. The van der Waals surface area contributed by atoms with Crippen molar-refractivity contribution in [1.29, 1.82) is 0 Å². The number of aryl methyl sites for hydroxylation is 1. The molecule has 3 rings (SSSR count). The number of allylic oxidation sites excluding steroid dienone is 1. The fraction of sp³-hybridized carbons (Fsp3) is 0.350. The van der Waals surface area contributed by atoms with Crippen LogP contribution in [0.4, 0.5) is 11.6 Å². The molecule has 1 aliphatic carbocycles. The van der Waals surface area contributed by atoms with Crippen molar-refractivity contribution in [3.63, 3.8) is 0 Å². The Morgan fingerprint density at radius 3 is 2.96 bits per heavy atom. The van der Waals surface area contributed by atoms with E-state index in [1.807, 2.05) is 25.1 Å². The Morgan fingerprint density at radius 1 is 1.27 bits per heavy atom. The van der Waals surface area contributed by atoms with Crippen LogP contribution in [0, 0.1) is 6.92 Å². The van der Waals surface area contributed by atoms with Crippen molar-refractivity contribution in [1.82, 2.24) is 15.3 Å². The maximum Gasteiger partial charge on any atom is 0.270 e. The summed E-state index contributed by atoms with van der Waals surface area (Å²) in [4.78, 5) is 20.8. The number of halogens is 1. The molecule has 0 bridgehead atoms. The van der Waals surface area contributed by atoms with E-state index < -0.39 is 0 Å². The largest absolute Gasteiger partial charge is 0.350 e. The molecule has 0 radical (unpaired) electrons. The third kappa shape index (κ3) is 5.05. The molecule has 0 fully saturated rings. The van der Waals surface area contributed by atoms with Crippen LogP contribution in [0.15, 0.2) is 42.1 Å². The molecule has 0 saturated heterocycles. The minimum atomic E-state index is -0.185. The first-order valence-corrected chi connectivity index (χ1v) is 9.32. The van der Waals surface area contributed by atoms with Crippen LogP contribution >= 0.6 is 11.6 Å².